The van der Waals surface area contributed by atoms with E-state index in [1.165, 1.54) is 0 Å². The van der Waals surface area contributed by atoms with Crippen LogP contribution < -0.4 is 11.1 Å². The lowest BCUT2D eigenvalue weighted by Crippen LogP contribution is -2.31. The number of allylic oxidation sites excluding steroid dienone is 2. The van der Waals surface area contributed by atoms with Crippen molar-refractivity contribution in [3.63, 3.8) is 0 Å². The third kappa shape index (κ3) is 12.0. The molecule has 3 N–H and O–H groups in total. The van der Waals surface area contributed by atoms with Crippen LogP contribution in [-0.4, -0.2) is 24.8 Å². The molecule has 19 heavy (non-hydrogen) atoms. The van der Waals surface area contributed by atoms with Crippen LogP contribution in [0.3, 0.4) is 0 Å². The SMILES string of the molecule is C=C(/C=C/C(C)C)NCCC(C)(C)OCCC(C)N. The Kier molecular flexibility index (Phi) is 8.77. The van der Waals surface area contributed by atoms with E-state index in [9.17, 15) is 0 Å². The quantitative estimate of drug-likeness (QED) is 0.598. The van der Waals surface area contributed by atoms with Crippen LogP contribution in [0.4, 0.5) is 0 Å². The number of hydrogen-bond acceptors (Lipinski definition) is 3. The third-order valence-corrected chi connectivity index (χ3v) is 2.83. The van der Waals surface area contributed by atoms with Gasteiger partial charge in [0.25, 0.3) is 0 Å². The third-order valence-electron chi connectivity index (χ3n) is 2.83. The molecule has 3 heteroatoms. The molecule has 0 aromatic heterocycles. The molecule has 0 fully saturated rings. The van der Waals surface area contributed by atoms with Gasteiger partial charge in [0.05, 0.1) is 5.60 Å². The molecular formula is C16H32N2O. The van der Waals surface area contributed by atoms with Gasteiger partial charge in [-0.25, -0.2) is 0 Å². The summed E-state index contributed by atoms with van der Waals surface area (Å²) in [6.45, 7) is 16.1. The fourth-order valence-electron chi connectivity index (χ4n) is 1.48. The minimum Gasteiger partial charge on any atom is -0.385 e. The second kappa shape index (κ2) is 9.16. The fourth-order valence-corrected chi connectivity index (χ4v) is 1.48. The minimum absolute atomic E-state index is 0.121. The van der Waals surface area contributed by atoms with Gasteiger partial charge in [0.2, 0.25) is 0 Å². The summed E-state index contributed by atoms with van der Waals surface area (Å²) in [4.78, 5) is 0. The lowest BCUT2D eigenvalue weighted by Gasteiger charge is -2.26. The van der Waals surface area contributed by atoms with Gasteiger partial charge >= 0.3 is 0 Å². The van der Waals surface area contributed by atoms with E-state index in [1.54, 1.807) is 0 Å². The Morgan fingerprint density at radius 2 is 2.00 bits per heavy atom. The monoisotopic (exact) mass is 268 g/mol. The Morgan fingerprint density at radius 3 is 2.53 bits per heavy atom. The van der Waals surface area contributed by atoms with Gasteiger partial charge in [-0.05, 0) is 45.6 Å². The largest absolute Gasteiger partial charge is 0.385 e. The molecule has 0 saturated heterocycles. The molecule has 0 amide bonds. The number of ether oxygens (including phenoxy) is 1. The summed E-state index contributed by atoms with van der Waals surface area (Å²) >= 11 is 0. The van der Waals surface area contributed by atoms with Gasteiger partial charge in [-0.1, -0.05) is 26.5 Å². The molecule has 1 atom stereocenters. The summed E-state index contributed by atoms with van der Waals surface area (Å²) in [6, 6.07) is 0.204. The zero-order chi connectivity index (χ0) is 14.9. The van der Waals surface area contributed by atoms with Gasteiger partial charge in [0, 0.05) is 24.9 Å². The predicted molar refractivity (Wildman–Crippen MR) is 84.0 cm³/mol. The molecule has 1 unspecified atom stereocenters. The van der Waals surface area contributed by atoms with Crippen LogP contribution in [0.1, 0.15) is 47.5 Å². The lowest BCUT2D eigenvalue weighted by atomic mass is 10.1. The van der Waals surface area contributed by atoms with Crippen molar-refractivity contribution in [2.24, 2.45) is 11.7 Å². The van der Waals surface area contributed by atoms with E-state index >= 15 is 0 Å². The number of nitrogens with one attached hydrogen (secondary N) is 1. The van der Waals surface area contributed by atoms with E-state index in [0.29, 0.717) is 5.92 Å². The standard InChI is InChI=1S/C16H32N2O/c1-13(2)7-8-15(4)18-11-10-16(5,6)19-12-9-14(3)17/h7-8,13-14,18H,4,9-12,17H2,1-3,5-6H3/b8-7+. The average Bonchev–Trinajstić information content (AvgIpc) is 2.25. The molecule has 0 rings (SSSR count). The highest BCUT2D eigenvalue weighted by Crippen LogP contribution is 2.14. The molecule has 0 aliphatic rings. The summed E-state index contributed by atoms with van der Waals surface area (Å²) in [5.74, 6) is 0.552. The lowest BCUT2D eigenvalue weighted by molar-refractivity contribution is -0.0248. The molecule has 3 nitrogen and oxygen atoms in total. The summed E-state index contributed by atoms with van der Waals surface area (Å²) in [7, 11) is 0. The van der Waals surface area contributed by atoms with Crippen molar-refractivity contribution in [2.45, 2.75) is 59.1 Å². The number of hydrogen-bond donors (Lipinski definition) is 2. The summed E-state index contributed by atoms with van der Waals surface area (Å²) < 4.78 is 5.85. The predicted octanol–water partition coefficient (Wildman–Crippen LogP) is 3.22. The molecule has 0 radical (unpaired) electrons. The Bertz CT molecular complexity index is 280. The molecule has 0 saturated carbocycles. The van der Waals surface area contributed by atoms with E-state index in [0.717, 1.165) is 31.7 Å². The van der Waals surface area contributed by atoms with Crippen molar-refractivity contribution < 1.29 is 4.74 Å². The Hall–Kier alpha value is -0.800. The molecule has 0 heterocycles. The first kappa shape index (κ1) is 18.2. The minimum atomic E-state index is -0.121. The van der Waals surface area contributed by atoms with E-state index in [-0.39, 0.29) is 11.6 Å². The molecule has 0 aromatic rings. The highest BCUT2D eigenvalue weighted by molar-refractivity contribution is 5.12. The normalized spacial score (nSPS) is 14.1. The van der Waals surface area contributed by atoms with E-state index in [4.69, 9.17) is 10.5 Å². The number of rotatable bonds is 10. The first-order valence-corrected chi connectivity index (χ1v) is 7.23. The second-order valence-electron chi connectivity index (χ2n) is 6.18. The first-order chi connectivity index (χ1) is 8.73. The Labute approximate surface area is 119 Å². The van der Waals surface area contributed by atoms with Crippen molar-refractivity contribution >= 4 is 0 Å². The van der Waals surface area contributed by atoms with Crippen molar-refractivity contribution in [1.82, 2.24) is 5.32 Å². The van der Waals surface area contributed by atoms with Crippen LogP contribution in [0, 0.1) is 5.92 Å². The van der Waals surface area contributed by atoms with Crippen LogP contribution in [0.25, 0.3) is 0 Å². The maximum absolute atomic E-state index is 5.85. The van der Waals surface area contributed by atoms with Gasteiger partial charge in [-0.2, -0.15) is 0 Å². The van der Waals surface area contributed by atoms with Crippen molar-refractivity contribution in [3.05, 3.63) is 24.4 Å². The summed E-state index contributed by atoms with van der Waals surface area (Å²) in [6.07, 6.45) is 6.02. The van der Waals surface area contributed by atoms with E-state index in [1.807, 2.05) is 13.0 Å². The van der Waals surface area contributed by atoms with Gasteiger partial charge in [-0.3, -0.25) is 0 Å². The van der Waals surface area contributed by atoms with Gasteiger partial charge in [0.1, 0.15) is 0 Å². The fraction of sp³-hybridized carbons (Fsp3) is 0.750. The van der Waals surface area contributed by atoms with Crippen LogP contribution >= 0.6 is 0 Å². The highest BCUT2D eigenvalue weighted by Gasteiger charge is 2.17. The molecule has 0 bridgehead atoms. The Morgan fingerprint density at radius 1 is 1.37 bits per heavy atom. The van der Waals surface area contributed by atoms with Crippen molar-refractivity contribution in [3.8, 4) is 0 Å². The van der Waals surface area contributed by atoms with Crippen LogP contribution in [0.15, 0.2) is 24.4 Å². The maximum atomic E-state index is 5.85. The van der Waals surface area contributed by atoms with Gasteiger partial charge in [-0.15, -0.1) is 0 Å². The van der Waals surface area contributed by atoms with Crippen LogP contribution in [0.5, 0.6) is 0 Å². The molecule has 112 valence electrons. The maximum Gasteiger partial charge on any atom is 0.0643 e. The zero-order valence-electron chi connectivity index (χ0n) is 13.3. The van der Waals surface area contributed by atoms with Crippen molar-refractivity contribution in [1.29, 1.82) is 0 Å². The van der Waals surface area contributed by atoms with Crippen molar-refractivity contribution in [2.75, 3.05) is 13.2 Å². The molecule has 0 aliphatic heterocycles. The van der Waals surface area contributed by atoms with Crippen LogP contribution in [-0.2, 0) is 4.74 Å². The number of nitrogens with two attached hydrogens (primary N) is 1. The second-order valence-corrected chi connectivity index (χ2v) is 6.18. The molecule has 0 aliphatic carbocycles. The first-order valence-electron chi connectivity index (χ1n) is 7.23. The summed E-state index contributed by atoms with van der Waals surface area (Å²) in [5.41, 5.74) is 6.55. The summed E-state index contributed by atoms with van der Waals surface area (Å²) in [5, 5.41) is 3.31. The average molecular weight is 268 g/mol. The smallest absolute Gasteiger partial charge is 0.0643 e. The van der Waals surface area contributed by atoms with Crippen LogP contribution in [0.2, 0.25) is 0 Å². The van der Waals surface area contributed by atoms with E-state index < -0.39 is 0 Å². The molecular weight excluding hydrogens is 236 g/mol. The van der Waals surface area contributed by atoms with E-state index in [2.05, 4.69) is 45.7 Å². The topological polar surface area (TPSA) is 47.3 Å². The molecule has 0 spiro atoms. The highest BCUT2D eigenvalue weighted by atomic mass is 16.5. The zero-order valence-corrected chi connectivity index (χ0v) is 13.3. The van der Waals surface area contributed by atoms with Gasteiger partial charge in [0.15, 0.2) is 0 Å². The van der Waals surface area contributed by atoms with Gasteiger partial charge < -0.3 is 15.8 Å². The Balaban J connectivity index is 3.82. The molecule has 0 aromatic carbocycles.